The maximum atomic E-state index is 10.9. The summed E-state index contributed by atoms with van der Waals surface area (Å²) in [5.41, 5.74) is 0. The van der Waals surface area contributed by atoms with E-state index in [0.29, 0.717) is 18.8 Å². The number of hydrogen-bond acceptors (Lipinski definition) is 4. The van der Waals surface area contributed by atoms with Crippen LogP contribution in [0, 0.1) is 0 Å². The molecule has 0 saturated carbocycles. The van der Waals surface area contributed by atoms with Gasteiger partial charge in [0.15, 0.2) is 5.82 Å². The van der Waals surface area contributed by atoms with Crippen molar-refractivity contribution >= 4 is 5.97 Å². The minimum Gasteiger partial charge on any atom is -0.480 e. The summed E-state index contributed by atoms with van der Waals surface area (Å²) in [6.45, 7) is 2.43. The van der Waals surface area contributed by atoms with Gasteiger partial charge in [0.05, 0.1) is 6.54 Å². The summed E-state index contributed by atoms with van der Waals surface area (Å²) >= 11 is 0. The predicted octanol–water partition coefficient (Wildman–Crippen LogP) is 0.548. The number of carboxylic acids is 1. The Bertz CT molecular complexity index is 337. The van der Waals surface area contributed by atoms with E-state index >= 15 is 0 Å². The summed E-state index contributed by atoms with van der Waals surface area (Å²) < 4.78 is 1.60. The molecule has 16 heavy (non-hydrogen) atoms. The lowest BCUT2D eigenvalue weighted by Crippen LogP contribution is -2.36. The van der Waals surface area contributed by atoms with Crippen LogP contribution in [0.1, 0.15) is 32.0 Å². The second kappa shape index (κ2) is 6.22. The number of rotatable bonds is 7. The lowest BCUT2D eigenvalue weighted by atomic mass is 10.1. The molecule has 0 fully saturated rings. The van der Waals surface area contributed by atoms with Gasteiger partial charge in [-0.1, -0.05) is 19.8 Å². The van der Waals surface area contributed by atoms with Crippen LogP contribution < -0.4 is 5.32 Å². The van der Waals surface area contributed by atoms with Crippen molar-refractivity contribution in [3.8, 4) is 0 Å². The van der Waals surface area contributed by atoms with Crippen molar-refractivity contribution < 1.29 is 9.90 Å². The Balaban J connectivity index is 2.40. The van der Waals surface area contributed by atoms with Gasteiger partial charge in [-0.05, 0) is 6.42 Å². The van der Waals surface area contributed by atoms with Crippen molar-refractivity contribution in [3.05, 3.63) is 12.2 Å². The first-order valence-corrected chi connectivity index (χ1v) is 5.44. The molecule has 0 spiro atoms. The first-order chi connectivity index (χ1) is 7.63. The van der Waals surface area contributed by atoms with Gasteiger partial charge in [0, 0.05) is 7.05 Å². The molecule has 0 saturated heterocycles. The molecule has 1 unspecified atom stereocenters. The number of aromatic nitrogens is 3. The molecule has 1 aromatic rings. The first kappa shape index (κ1) is 12.6. The van der Waals surface area contributed by atoms with Crippen LogP contribution in [0.5, 0.6) is 0 Å². The van der Waals surface area contributed by atoms with E-state index in [9.17, 15) is 4.79 Å². The first-order valence-electron chi connectivity index (χ1n) is 5.44. The highest BCUT2D eigenvalue weighted by atomic mass is 16.4. The molecular weight excluding hydrogens is 208 g/mol. The summed E-state index contributed by atoms with van der Waals surface area (Å²) in [6, 6.07) is -0.510. The molecule has 1 heterocycles. The standard InChI is InChI=1S/C10H18N4O2/c1-3-4-5-8(10(15)16)11-6-9-12-7-14(2)13-9/h7-8,11H,3-6H2,1-2H3,(H,15,16). The number of carboxylic acid groups (broad SMARTS) is 1. The predicted molar refractivity (Wildman–Crippen MR) is 58.8 cm³/mol. The van der Waals surface area contributed by atoms with Crippen LogP contribution in [0.4, 0.5) is 0 Å². The third-order valence-electron chi connectivity index (χ3n) is 2.30. The molecule has 0 amide bonds. The lowest BCUT2D eigenvalue weighted by molar-refractivity contribution is -0.139. The van der Waals surface area contributed by atoms with Crippen molar-refractivity contribution in [2.75, 3.05) is 0 Å². The minimum absolute atomic E-state index is 0.390. The number of aryl methyl sites for hydroxylation is 1. The Kier molecular flexibility index (Phi) is 4.91. The molecule has 1 aromatic heterocycles. The van der Waals surface area contributed by atoms with Gasteiger partial charge in [-0.25, -0.2) is 4.98 Å². The molecule has 0 radical (unpaired) electrons. The summed E-state index contributed by atoms with van der Waals surface area (Å²) in [4.78, 5) is 14.9. The molecule has 0 aliphatic heterocycles. The fourth-order valence-electron chi connectivity index (χ4n) is 1.40. The maximum absolute atomic E-state index is 10.9. The molecule has 6 nitrogen and oxygen atoms in total. The van der Waals surface area contributed by atoms with Gasteiger partial charge in [0.2, 0.25) is 0 Å². The quantitative estimate of drug-likeness (QED) is 0.709. The van der Waals surface area contributed by atoms with Gasteiger partial charge in [-0.2, -0.15) is 5.10 Å². The number of aliphatic carboxylic acids is 1. The molecule has 1 rings (SSSR count). The van der Waals surface area contributed by atoms with Gasteiger partial charge in [0.25, 0.3) is 0 Å². The van der Waals surface area contributed by atoms with E-state index in [2.05, 4.69) is 15.4 Å². The number of hydrogen-bond donors (Lipinski definition) is 2. The Hall–Kier alpha value is -1.43. The summed E-state index contributed by atoms with van der Waals surface area (Å²) in [5, 5.41) is 16.0. The van der Waals surface area contributed by atoms with E-state index in [-0.39, 0.29) is 0 Å². The topological polar surface area (TPSA) is 80.0 Å². The second-order valence-corrected chi connectivity index (χ2v) is 3.75. The van der Waals surface area contributed by atoms with Crippen molar-refractivity contribution in [1.29, 1.82) is 0 Å². The Labute approximate surface area is 94.7 Å². The minimum atomic E-state index is -0.815. The molecule has 2 N–H and O–H groups in total. The van der Waals surface area contributed by atoms with Crippen LogP contribution in [0.2, 0.25) is 0 Å². The van der Waals surface area contributed by atoms with Gasteiger partial charge in [0.1, 0.15) is 12.4 Å². The van der Waals surface area contributed by atoms with Gasteiger partial charge in [-0.15, -0.1) is 0 Å². The Morgan fingerprint density at radius 2 is 2.44 bits per heavy atom. The van der Waals surface area contributed by atoms with Crippen molar-refractivity contribution in [3.63, 3.8) is 0 Å². The number of carbonyl (C=O) groups is 1. The molecule has 0 aliphatic carbocycles. The Morgan fingerprint density at radius 1 is 1.69 bits per heavy atom. The van der Waals surface area contributed by atoms with Crippen LogP contribution in [0.15, 0.2) is 6.33 Å². The van der Waals surface area contributed by atoms with E-state index in [1.165, 1.54) is 0 Å². The molecule has 0 bridgehead atoms. The summed E-state index contributed by atoms with van der Waals surface area (Å²) in [5.74, 6) is -0.199. The van der Waals surface area contributed by atoms with Crippen molar-refractivity contribution in [2.45, 2.75) is 38.8 Å². The molecule has 6 heteroatoms. The average molecular weight is 226 g/mol. The van der Waals surface area contributed by atoms with Crippen LogP contribution in [-0.4, -0.2) is 31.9 Å². The van der Waals surface area contributed by atoms with Crippen molar-refractivity contribution in [2.24, 2.45) is 7.05 Å². The zero-order chi connectivity index (χ0) is 12.0. The van der Waals surface area contributed by atoms with Crippen LogP contribution in [0.3, 0.4) is 0 Å². The zero-order valence-corrected chi connectivity index (χ0v) is 9.68. The molecule has 0 aliphatic rings. The fourth-order valence-corrected chi connectivity index (χ4v) is 1.40. The molecular formula is C10H18N4O2. The highest BCUT2D eigenvalue weighted by Crippen LogP contribution is 2.01. The van der Waals surface area contributed by atoms with E-state index < -0.39 is 12.0 Å². The number of nitrogens with one attached hydrogen (secondary N) is 1. The normalized spacial score (nSPS) is 12.6. The van der Waals surface area contributed by atoms with E-state index in [1.54, 1.807) is 18.1 Å². The monoisotopic (exact) mass is 226 g/mol. The lowest BCUT2D eigenvalue weighted by Gasteiger charge is -2.12. The largest absolute Gasteiger partial charge is 0.480 e. The Morgan fingerprint density at radius 3 is 2.94 bits per heavy atom. The average Bonchev–Trinajstić information content (AvgIpc) is 2.64. The third-order valence-corrected chi connectivity index (χ3v) is 2.30. The summed E-state index contributed by atoms with van der Waals surface area (Å²) in [7, 11) is 1.78. The van der Waals surface area contributed by atoms with Crippen molar-refractivity contribution in [1.82, 2.24) is 20.1 Å². The molecule has 90 valence electrons. The molecule has 0 aromatic carbocycles. The third kappa shape index (κ3) is 3.98. The smallest absolute Gasteiger partial charge is 0.320 e. The highest BCUT2D eigenvalue weighted by Gasteiger charge is 2.16. The van der Waals surface area contributed by atoms with E-state index in [0.717, 1.165) is 12.8 Å². The van der Waals surface area contributed by atoms with E-state index in [4.69, 9.17) is 5.11 Å². The van der Waals surface area contributed by atoms with Crippen LogP contribution >= 0.6 is 0 Å². The van der Waals surface area contributed by atoms with Gasteiger partial charge in [-0.3, -0.25) is 14.8 Å². The number of unbranched alkanes of at least 4 members (excludes halogenated alkanes) is 1. The van der Waals surface area contributed by atoms with Crippen LogP contribution in [0.25, 0.3) is 0 Å². The zero-order valence-electron chi connectivity index (χ0n) is 9.68. The van der Waals surface area contributed by atoms with Crippen LogP contribution in [-0.2, 0) is 18.4 Å². The SMILES string of the molecule is CCCCC(NCc1ncn(C)n1)C(=O)O. The molecule has 1 atom stereocenters. The van der Waals surface area contributed by atoms with E-state index in [1.807, 2.05) is 6.92 Å². The second-order valence-electron chi connectivity index (χ2n) is 3.75. The van der Waals surface area contributed by atoms with Gasteiger partial charge < -0.3 is 5.11 Å². The summed E-state index contributed by atoms with van der Waals surface area (Å²) in [6.07, 6.45) is 4.13. The number of nitrogens with zero attached hydrogens (tertiary/aromatic N) is 3. The highest BCUT2D eigenvalue weighted by molar-refractivity contribution is 5.73. The maximum Gasteiger partial charge on any atom is 0.320 e. The fraction of sp³-hybridized carbons (Fsp3) is 0.700. The van der Waals surface area contributed by atoms with Gasteiger partial charge >= 0.3 is 5.97 Å².